The molecule has 1 saturated carbocycles. The maximum atomic E-state index is 3.46. The van der Waals surface area contributed by atoms with Crippen molar-refractivity contribution in [2.45, 2.75) is 40.0 Å². The van der Waals surface area contributed by atoms with Crippen LogP contribution in [0.2, 0.25) is 0 Å². The fourth-order valence-electron chi connectivity index (χ4n) is 2.42. The predicted octanol–water partition coefficient (Wildman–Crippen LogP) is 2.42. The third kappa shape index (κ3) is 1.58. The first-order chi connectivity index (χ1) is 5.31. The van der Waals surface area contributed by atoms with E-state index in [0.29, 0.717) is 5.41 Å². The van der Waals surface area contributed by atoms with Gasteiger partial charge in [-0.2, -0.15) is 0 Å². The monoisotopic (exact) mass is 155 g/mol. The fourth-order valence-corrected chi connectivity index (χ4v) is 2.42. The lowest BCUT2D eigenvalue weighted by molar-refractivity contribution is 0.306. The predicted molar refractivity (Wildman–Crippen MR) is 49.7 cm³/mol. The minimum absolute atomic E-state index is 0.694. The Bertz CT molecular complexity index is 110. The van der Waals surface area contributed by atoms with Gasteiger partial charge in [-0.1, -0.05) is 27.2 Å². The molecule has 0 radical (unpaired) electrons. The van der Waals surface area contributed by atoms with Crippen molar-refractivity contribution < 1.29 is 0 Å². The molecule has 0 amide bonds. The summed E-state index contributed by atoms with van der Waals surface area (Å²) >= 11 is 0. The Kier molecular flexibility index (Phi) is 2.94. The molecule has 1 N–H and O–H groups in total. The van der Waals surface area contributed by atoms with Crippen LogP contribution in [0.1, 0.15) is 40.0 Å². The van der Waals surface area contributed by atoms with Gasteiger partial charge in [0, 0.05) is 6.54 Å². The molecule has 66 valence electrons. The van der Waals surface area contributed by atoms with E-state index in [1.165, 1.54) is 32.4 Å². The molecule has 1 heterocycles. The SMILES string of the molecule is CC.C[C@]12CCCC1CNC2. The van der Waals surface area contributed by atoms with Gasteiger partial charge >= 0.3 is 0 Å². The van der Waals surface area contributed by atoms with Crippen molar-refractivity contribution in [1.82, 2.24) is 5.32 Å². The zero-order valence-corrected chi connectivity index (χ0v) is 8.11. The summed E-state index contributed by atoms with van der Waals surface area (Å²) in [5.41, 5.74) is 0.694. The van der Waals surface area contributed by atoms with Gasteiger partial charge in [-0.25, -0.2) is 0 Å². The van der Waals surface area contributed by atoms with Gasteiger partial charge in [0.1, 0.15) is 0 Å². The van der Waals surface area contributed by atoms with E-state index in [4.69, 9.17) is 0 Å². The Hall–Kier alpha value is -0.0400. The number of hydrogen-bond donors (Lipinski definition) is 1. The van der Waals surface area contributed by atoms with Gasteiger partial charge in [-0.15, -0.1) is 0 Å². The van der Waals surface area contributed by atoms with E-state index < -0.39 is 0 Å². The average Bonchev–Trinajstić information content (AvgIpc) is 2.49. The van der Waals surface area contributed by atoms with E-state index in [1.807, 2.05) is 13.8 Å². The van der Waals surface area contributed by atoms with Crippen molar-refractivity contribution >= 4 is 0 Å². The van der Waals surface area contributed by atoms with Crippen molar-refractivity contribution in [2.24, 2.45) is 11.3 Å². The van der Waals surface area contributed by atoms with Crippen molar-refractivity contribution in [3.8, 4) is 0 Å². The Morgan fingerprint density at radius 3 is 2.73 bits per heavy atom. The lowest BCUT2D eigenvalue weighted by Gasteiger charge is -2.21. The van der Waals surface area contributed by atoms with Crippen LogP contribution in [-0.4, -0.2) is 13.1 Å². The molecule has 1 aliphatic carbocycles. The van der Waals surface area contributed by atoms with E-state index in [-0.39, 0.29) is 0 Å². The second-order valence-electron chi connectivity index (χ2n) is 3.87. The molecule has 1 nitrogen and oxygen atoms in total. The van der Waals surface area contributed by atoms with Gasteiger partial charge in [-0.05, 0) is 30.7 Å². The lowest BCUT2D eigenvalue weighted by Crippen LogP contribution is -2.20. The standard InChI is InChI=1S/C8H15N.C2H6/c1-8-4-2-3-7(8)5-9-6-8;1-2/h7,9H,2-6H2,1H3;1-2H3/t7?,8-;/m1./s1. The van der Waals surface area contributed by atoms with Gasteiger partial charge < -0.3 is 5.32 Å². The average molecular weight is 155 g/mol. The molecule has 2 aliphatic rings. The molecular weight excluding hydrogens is 134 g/mol. The zero-order chi connectivity index (χ0) is 8.32. The van der Waals surface area contributed by atoms with Gasteiger partial charge in [0.15, 0.2) is 0 Å². The van der Waals surface area contributed by atoms with Gasteiger partial charge in [0.2, 0.25) is 0 Å². The fraction of sp³-hybridized carbons (Fsp3) is 1.00. The summed E-state index contributed by atoms with van der Waals surface area (Å²) < 4.78 is 0. The van der Waals surface area contributed by atoms with Gasteiger partial charge in [0.05, 0.1) is 0 Å². The van der Waals surface area contributed by atoms with Crippen LogP contribution in [0.5, 0.6) is 0 Å². The molecule has 0 spiro atoms. The summed E-state index contributed by atoms with van der Waals surface area (Å²) in [5, 5.41) is 3.46. The summed E-state index contributed by atoms with van der Waals surface area (Å²) in [6, 6.07) is 0. The van der Waals surface area contributed by atoms with Crippen LogP contribution in [0.4, 0.5) is 0 Å². The smallest absolute Gasteiger partial charge is 0.000841 e. The Labute approximate surface area is 70.6 Å². The minimum Gasteiger partial charge on any atom is -0.316 e. The maximum Gasteiger partial charge on any atom is 0.000841 e. The van der Waals surface area contributed by atoms with Crippen LogP contribution in [0.25, 0.3) is 0 Å². The number of hydrogen-bond acceptors (Lipinski definition) is 1. The van der Waals surface area contributed by atoms with E-state index >= 15 is 0 Å². The molecule has 1 saturated heterocycles. The van der Waals surface area contributed by atoms with E-state index in [1.54, 1.807) is 0 Å². The molecule has 0 aromatic heterocycles. The molecule has 1 unspecified atom stereocenters. The lowest BCUT2D eigenvalue weighted by atomic mass is 9.83. The highest BCUT2D eigenvalue weighted by molar-refractivity contribution is 4.95. The normalized spacial score (nSPS) is 41.2. The number of fused-ring (bicyclic) bond motifs is 1. The highest BCUT2D eigenvalue weighted by atomic mass is 14.9. The summed E-state index contributed by atoms with van der Waals surface area (Å²) in [6.07, 6.45) is 4.41. The summed E-state index contributed by atoms with van der Waals surface area (Å²) in [5.74, 6) is 1.01. The molecule has 2 atom stereocenters. The molecule has 2 rings (SSSR count). The van der Waals surface area contributed by atoms with Gasteiger partial charge in [-0.3, -0.25) is 0 Å². The third-order valence-corrected chi connectivity index (χ3v) is 3.21. The number of rotatable bonds is 0. The van der Waals surface area contributed by atoms with Crippen LogP contribution >= 0.6 is 0 Å². The molecule has 0 bridgehead atoms. The van der Waals surface area contributed by atoms with Crippen LogP contribution in [0.3, 0.4) is 0 Å². The van der Waals surface area contributed by atoms with Gasteiger partial charge in [0.25, 0.3) is 0 Å². The molecule has 0 aromatic rings. The maximum absolute atomic E-state index is 3.46. The first-order valence-electron chi connectivity index (χ1n) is 5.02. The molecule has 0 aromatic carbocycles. The van der Waals surface area contributed by atoms with Crippen LogP contribution in [0, 0.1) is 11.3 Å². The second-order valence-corrected chi connectivity index (χ2v) is 3.87. The third-order valence-electron chi connectivity index (χ3n) is 3.21. The van der Waals surface area contributed by atoms with E-state index in [0.717, 1.165) is 5.92 Å². The van der Waals surface area contributed by atoms with Crippen molar-refractivity contribution in [3.05, 3.63) is 0 Å². The zero-order valence-electron chi connectivity index (χ0n) is 8.11. The first-order valence-corrected chi connectivity index (χ1v) is 5.02. The molecule has 1 aliphatic heterocycles. The van der Waals surface area contributed by atoms with Crippen LogP contribution in [0.15, 0.2) is 0 Å². The topological polar surface area (TPSA) is 12.0 Å². The largest absolute Gasteiger partial charge is 0.316 e. The second kappa shape index (κ2) is 3.57. The van der Waals surface area contributed by atoms with E-state index in [2.05, 4.69) is 12.2 Å². The Balaban J connectivity index is 0.000000281. The molecular formula is C10H21N. The molecule has 11 heavy (non-hydrogen) atoms. The van der Waals surface area contributed by atoms with E-state index in [9.17, 15) is 0 Å². The molecule has 1 heteroatoms. The minimum atomic E-state index is 0.694. The van der Waals surface area contributed by atoms with Crippen molar-refractivity contribution in [1.29, 1.82) is 0 Å². The Morgan fingerprint density at radius 1 is 1.36 bits per heavy atom. The molecule has 2 fully saturated rings. The highest BCUT2D eigenvalue weighted by Crippen LogP contribution is 2.44. The summed E-state index contributed by atoms with van der Waals surface area (Å²) in [7, 11) is 0. The highest BCUT2D eigenvalue weighted by Gasteiger charge is 2.41. The summed E-state index contributed by atoms with van der Waals surface area (Å²) in [4.78, 5) is 0. The Morgan fingerprint density at radius 2 is 2.09 bits per heavy atom. The quantitative estimate of drug-likeness (QED) is 0.566. The van der Waals surface area contributed by atoms with Crippen LogP contribution in [-0.2, 0) is 0 Å². The first kappa shape index (κ1) is 9.05. The van der Waals surface area contributed by atoms with Crippen LogP contribution < -0.4 is 5.32 Å². The van der Waals surface area contributed by atoms with Crippen molar-refractivity contribution in [3.63, 3.8) is 0 Å². The number of nitrogens with one attached hydrogen (secondary N) is 1. The summed E-state index contributed by atoms with van der Waals surface area (Å²) in [6.45, 7) is 9.00. The van der Waals surface area contributed by atoms with Crippen molar-refractivity contribution in [2.75, 3.05) is 13.1 Å².